The molecule has 7 nitrogen and oxygen atoms in total. The summed E-state index contributed by atoms with van der Waals surface area (Å²) >= 11 is 5.87. The summed E-state index contributed by atoms with van der Waals surface area (Å²) in [7, 11) is 0. The van der Waals surface area contributed by atoms with Gasteiger partial charge in [-0.05, 0) is 55.5 Å². The number of hydrogen-bond acceptors (Lipinski definition) is 5. The normalized spacial score (nSPS) is 18.2. The number of benzene rings is 2. The summed E-state index contributed by atoms with van der Waals surface area (Å²) in [5, 5.41) is 10.9. The summed E-state index contributed by atoms with van der Waals surface area (Å²) in [5.74, 6) is -0.0539. The number of amidine groups is 1. The molecule has 0 bridgehead atoms. The third-order valence-corrected chi connectivity index (χ3v) is 5.18. The molecular formula is C23H19ClFN5O2. The Labute approximate surface area is 189 Å². The molecule has 1 N–H and O–H groups in total. The highest BCUT2D eigenvalue weighted by atomic mass is 35.5. The summed E-state index contributed by atoms with van der Waals surface area (Å²) in [4.78, 5) is 16.4. The van der Waals surface area contributed by atoms with Crippen molar-refractivity contribution in [3.05, 3.63) is 101 Å². The average molecular weight is 452 g/mol. The molecule has 0 spiro atoms. The molecule has 1 unspecified atom stereocenters. The van der Waals surface area contributed by atoms with Crippen molar-refractivity contribution in [3.8, 4) is 0 Å². The maximum atomic E-state index is 13.5. The lowest BCUT2D eigenvalue weighted by atomic mass is 10.0. The molecule has 1 aliphatic rings. The van der Waals surface area contributed by atoms with E-state index in [9.17, 15) is 9.18 Å². The zero-order chi connectivity index (χ0) is 22.7. The fraction of sp³-hybridized carbons (Fsp3) is 0.130. The number of nitrogens with one attached hydrogen (secondary N) is 1. The Bertz CT molecular complexity index is 1180. The largest absolute Gasteiger partial charge is 0.443 e. The molecule has 2 heterocycles. The van der Waals surface area contributed by atoms with E-state index >= 15 is 0 Å². The summed E-state index contributed by atoms with van der Waals surface area (Å²) in [6.45, 7) is 3.48. The van der Waals surface area contributed by atoms with Crippen LogP contribution >= 0.6 is 11.6 Å². The van der Waals surface area contributed by atoms with Crippen molar-refractivity contribution in [3.63, 3.8) is 0 Å². The number of halogens is 2. The van der Waals surface area contributed by atoms with Crippen molar-refractivity contribution in [1.82, 2.24) is 15.4 Å². The lowest BCUT2D eigenvalue weighted by Crippen LogP contribution is -2.42. The van der Waals surface area contributed by atoms with Crippen LogP contribution in [0.2, 0.25) is 5.02 Å². The van der Waals surface area contributed by atoms with Gasteiger partial charge in [0, 0.05) is 41.0 Å². The van der Waals surface area contributed by atoms with Crippen molar-refractivity contribution < 1.29 is 13.9 Å². The van der Waals surface area contributed by atoms with Gasteiger partial charge in [0.2, 0.25) is 11.6 Å². The van der Waals surface area contributed by atoms with Gasteiger partial charge >= 0.3 is 0 Å². The predicted molar refractivity (Wildman–Crippen MR) is 119 cm³/mol. The Morgan fingerprint density at radius 1 is 1.09 bits per heavy atom. The van der Waals surface area contributed by atoms with Crippen molar-refractivity contribution in [2.24, 2.45) is 10.2 Å². The SMILES string of the molecule is C/C(=N\NC(=O)c1ccc(Cl)cc1)N1N=C(c2ccncc2)OC1(C)c1ccc(F)cc1. The van der Waals surface area contributed by atoms with Gasteiger partial charge < -0.3 is 4.74 Å². The van der Waals surface area contributed by atoms with E-state index < -0.39 is 11.6 Å². The van der Waals surface area contributed by atoms with Crippen molar-refractivity contribution in [1.29, 1.82) is 0 Å². The van der Waals surface area contributed by atoms with E-state index in [0.29, 0.717) is 33.4 Å². The Morgan fingerprint density at radius 3 is 2.41 bits per heavy atom. The molecule has 1 aliphatic heterocycles. The summed E-state index contributed by atoms with van der Waals surface area (Å²) in [6.07, 6.45) is 3.26. The second-order valence-corrected chi connectivity index (χ2v) is 7.59. The van der Waals surface area contributed by atoms with Crippen LogP contribution in [0.5, 0.6) is 0 Å². The minimum absolute atomic E-state index is 0.345. The van der Waals surface area contributed by atoms with E-state index in [1.807, 2.05) is 0 Å². The molecule has 0 fully saturated rings. The van der Waals surface area contributed by atoms with Crippen LogP contribution in [0.15, 0.2) is 83.3 Å². The molecule has 1 atom stereocenters. The van der Waals surface area contributed by atoms with E-state index in [1.165, 1.54) is 17.1 Å². The average Bonchev–Trinajstić information content (AvgIpc) is 3.17. The molecule has 1 aromatic heterocycles. The Hall–Kier alpha value is -3.78. The van der Waals surface area contributed by atoms with E-state index in [1.54, 1.807) is 74.8 Å². The van der Waals surface area contributed by atoms with Crippen LogP contribution in [0.25, 0.3) is 0 Å². The molecule has 0 aliphatic carbocycles. The Balaban J connectivity index is 1.65. The second kappa shape index (κ2) is 8.76. The molecule has 3 aromatic rings. The number of hydrogen-bond donors (Lipinski definition) is 1. The molecule has 2 aromatic carbocycles. The second-order valence-electron chi connectivity index (χ2n) is 7.15. The van der Waals surface area contributed by atoms with Crippen LogP contribution in [-0.4, -0.2) is 27.6 Å². The topological polar surface area (TPSA) is 79.2 Å². The maximum absolute atomic E-state index is 13.5. The van der Waals surface area contributed by atoms with Crippen LogP contribution in [-0.2, 0) is 10.5 Å². The van der Waals surface area contributed by atoms with E-state index in [4.69, 9.17) is 16.3 Å². The van der Waals surface area contributed by atoms with Gasteiger partial charge in [-0.3, -0.25) is 9.78 Å². The van der Waals surface area contributed by atoms with Crippen LogP contribution in [0, 0.1) is 5.82 Å². The van der Waals surface area contributed by atoms with Gasteiger partial charge in [-0.15, -0.1) is 5.10 Å². The number of nitrogens with zero attached hydrogens (tertiary/aromatic N) is 4. The van der Waals surface area contributed by atoms with Gasteiger partial charge in [-0.25, -0.2) is 14.8 Å². The summed E-state index contributed by atoms with van der Waals surface area (Å²) in [6, 6.07) is 15.9. The maximum Gasteiger partial charge on any atom is 0.271 e. The van der Waals surface area contributed by atoms with Gasteiger partial charge in [-0.1, -0.05) is 23.7 Å². The van der Waals surface area contributed by atoms with Gasteiger partial charge in [0.1, 0.15) is 11.7 Å². The number of pyridine rings is 1. The minimum atomic E-state index is -1.12. The number of aromatic nitrogens is 1. The monoisotopic (exact) mass is 451 g/mol. The van der Waals surface area contributed by atoms with Crippen LogP contribution in [0.4, 0.5) is 4.39 Å². The third kappa shape index (κ3) is 4.31. The van der Waals surface area contributed by atoms with Gasteiger partial charge in [-0.2, -0.15) is 5.10 Å². The first kappa shape index (κ1) is 21.5. The van der Waals surface area contributed by atoms with Crippen molar-refractivity contribution in [2.45, 2.75) is 19.6 Å². The van der Waals surface area contributed by atoms with E-state index in [2.05, 4.69) is 20.6 Å². The molecule has 0 saturated heterocycles. The molecule has 0 saturated carbocycles. The van der Waals surface area contributed by atoms with Gasteiger partial charge in [0.25, 0.3) is 5.91 Å². The number of amides is 1. The predicted octanol–water partition coefficient (Wildman–Crippen LogP) is 4.50. The first-order valence-corrected chi connectivity index (χ1v) is 10.1. The van der Waals surface area contributed by atoms with Gasteiger partial charge in [0.15, 0.2) is 0 Å². The molecule has 162 valence electrons. The number of hydrazone groups is 2. The molecule has 4 rings (SSSR count). The van der Waals surface area contributed by atoms with Crippen LogP contribution < -0.4 is 5.43 Å². The van der Waals surface area contributed by atoms with Crippen LogP contribution in [0.3, 0.4) is 0 Å². The molecule has 9 heteroatoms. The summed E-state index contributed by atoms with van der Waals surface area (Å²) in [5.41, 5.74) is 3.18. The van der Waals surface area contributed by atoms with Crippen molar-refractivity contribution in [2.75, 3.05) is 0 Å². The van der Waals surface area contributed by atoms with Crippen molar-refractivity contribution >= 4 is 29.2 Å². The fourth-order valence-electron chi connectivity index (χ4n) is 3.22. The Morgan fingerprint density at radius 2 is 1.75 bits per heavy atom. The molecule has 1 amide bonds. The summed E-state index contributed by atoms with van der Waals surface area (Å²) < 4.78 is 19.7. The van der Waals surface area contributed by atoms with Gasteiger partial charge in [0.05, 0.1) is 0 Å². The number of carbonyl (C=O) groups excluding carboxylic acids is 1. The fourth-order valence-corrected chi connectivity index (χ4v) is 3.34. The van der Waals surface area contributed by atoms with Crippen LogP contribution in [0.1, 0.15) is 35.3 Å². The highest BCUT2D eigenvalue weighted by Crippen LogP contribution is 2.36. The quantitative estimate of drug-likeness (QED) is 0.360. The highest BCUT2D eigenvalue weighted by Gasteiger charge is 2.44. The standard InChI is InChI=1S/C23H19ClFN5O2/c1-15(27-28-21(31)16-3-7-19(24)8-4-16)30-23(2,18-5-9-20(25)10-6-18)32-22(29-30)17-11-13-26-14-12-17/h3-14H,1-2H3,(H,28,31)/b27-15+. The zero-order valence-corrected chi connectivity index (χ0v) is 18.0. The minimum Gasteiger partial charge on any atom is -0.443 e. The first-order chi connectivity index (χ1) is 15.4. The van der Waals surface area contributed by atoms with E-state index in [0.717, 1.165) is 0 Å². The highest BCUT2D eigenvalue weighted by molar-refractivity contribution is 6.30. The zero-order valence-electron chi connectivity index (χ0n) is 17.3. The first-order valence-electron chi connectivity index (χ1n) is 9.71. The number of ether oxygens (including phenoxy) is 1. The lowest BCUT2D eigenvalue weighted by molar-refractivity contribution is -0.0103. The number of carbonyl (C=O) groups is 1. The molecule has 32 heavy (non-hydrogen) atoms. The smallest absolute Gasteiger partial charge is 0.271 e. The molecule has 0 radical (unpaired) electrons. The lowest BCUT2D eigenvalue weighted by Gasteiger charge is -2.32. The number of rotatable bonds is 4. The Kier molecular flexibility index (Phi) is 5.87. The molecular weight excluding hydrogens is 433 g/mol. The third-order valence-electron chi connectivity index (χ3n) is 4.93. The van der Waals surface area contributed by atoms with E-state index in [-0.39, 0.29) is 5.82 Å².